The molecule has 5 aromatic rings. The average molecular weight is 548 g/mol. The molecular weight excluding hydrogens is 515 g/mol. The van der Waals surface area contributed by atoms with Crippen LogP contribution in [0, 0.1) is 6.92 Å². The first kappa shape index (κ1) is 15.7. The molecule has 0 atom stereocenters. The van der Waals surface area contributed by atoms with Crippen molar-refractivity contribution in [2.75, 3.05) is 31.4 Å². The van der Waals surface area contributed by atoms with E-state index in [0.29, 0.717) is 15.5 Å². The monoisotopic (exact) mass is 547 g/mol. The summed E-state index contributed by atoms with van der Waals surface area (Å²) in [5, 5.41) is 6.33. The van der Waals surface area contributed by atoms with Crippen molar-refractivity contribution >= 4 is 33.4 Å². The van der Waals surface area contributed by atoms with E-state index in [1.807, 2.05) is 0 Å². The third kappa shape index (κ3) is 4.82. The number of benzene rings is 1. The van der Waals surface area contributed by atoms with Crippen LogP contribution < -0.4 is 10.1 Å². The van der Waals surface area contributed by atoms with Crippen molar-refractivity contribution < 1.29 is 40.9 Å². The molecular formula is C26H22F3N7O3. The first-order chi connectivity index (χ1) is 22.5. The zero-order valence-electron chi connectivity index (χ0n) is 29.7. The Bertz CT molecular complexity index is 2140. The number of pyridine rings is 2. The molecule has 1 aliphatic heterocycles. The Labute approximate surface area is 233 Å². The zero-order valence-corrected chi connectivity index (χ0v) is 19.7. The molecule has 1 aromatic carbocycles. The fourth-order valence-electron chi connectivity index (χ4n) is 3.88. The molecule has 1 aliphatic rings. The summed E-state index contributed by atoms with van der Waals surface area (Å²) in [5.41, 5.74) is -0.827. The maximum atomic E-state index is 13.9. The van der Waals surface area contributed by atoms with Gasteiger partial charge < -0.3 is 24.0 Å². The van der Waals surface area contributed by atoms with Crippen LogP contribution in [0.1, 0.15) is 30.1 Å². The summed E-state index contributed by atoms with van der Waals surface area (Å²) in [6.07, 6.45) is -3.42. The number of anilines is 1. The van der Waals surface area contributed by atoms with E-state index in [2.05, 4.69) is 30.2 Å². The van der Waals surface area contributed by atoms with E-state index < -0.39 is 67.1 Å². The lowest BCUT2D eigenvalue weighted by Crippen LogP contribution is -2.42. The molecule has 0 saturated heterocycles. The summed E-state index contributed by atoms with van der Waals surface area (Å²) in [6.45, 7) is -16.9. The first-order valence-electron chi connectivity index (χ1n) is 16.1. The summed E-state index contributed by atoms with van der Waals surface area (Å²) < 4.78 is 134. The van der Waals surface area contributed by atoms with Gasteiger partial charge in [0.1, 0.15) is 11.5 Å². The first-order valence-corrected chi connectivity index (χ1v) is 11.1. The molecule has 0 aliphatic carbocycles. The molecule has 0 fully saturated rings. The van der Waals surface area contributed by atoms with Crippen LogP contribution in [0.3, 0.4) is 0 Å². The van der Waals surface area contributed by atoms with Crippen molar-refractivity contribution in [2.45, 2.75) is 19.6 Å². The summed E-state index contributed by atoms with van der Waals surface area (Å²) >= 11 is 0. The van der Waals surface area contributed by atoms with Gasteiger partial charge in [0.05, 0.1) is 24.6 Å². The number of aromatic nitrogens is 5. The minimum absolute atomic E-state index is 0.190. The summed E-state index contributed by atoms with van der Waals surface area (Å²) in [6, 6.07) is 8.10. The highest BCUT2D eigenvalue weighted by molar-refractivity contribution is 6.00. The summed E-state index contributed by atoms with van der Waals surface area (Å²) in [7, 11) is 0. The summed E-state index contributed by atoms with van der Waals surface area (Å²) in [4.78, 5) is 25.5. The number of hydrogen-bond donors (Lipinski definition) is 1. The maximum Gasteiger partial charge on any atom is 0.422 e. The Morgan fingerprint density at radius 2 is 2.00 bits per heavy atom. The number of ether oxygens (including phenoxy) is 1. The van der Waals surface area contributed by atoms with Gasteiger partial charge in [0.2, 0.25) is 17.6 Å². The molecule has 0 spiro atoms. The van der Waals surface area contributed by atoms with Crippen LogP contribution in [0.4, 0.5) is 19.0 Å². The molecule has 1 amide bonds. The predicted molar refractivity (Wildman–Crippen MR) is 135 cm³/mol. The molecule has 0 unspecified atom stereocenters. The lowest BCUT2D eigenvalue weighted by molar-refractivity contribution is -0.153. The number of hydrogen-bond acceptors (Lipinski definition) is 8. The van der Waals surface area contributed by atoms with Crippen molar-refractivity contribution in [1.29, 1.82) is 0 Å². The Hall–Kier alpha value is -4.68. The molecule has 4 aromatic heterocycles. The number of amides is 1. The molecule has 13 heteroatoms. The molecule has 0 bridgehead atoms. The van der Waals surface area contributed by atoms with Crippen LogP contribution in [0.5, 0.6) is 5.88 Å². The molecule has 200 valence electrons. The SMILES string of the molecule is [2H]C([2H])(Nc1nccc2ccc(-c3noc(C)n3)cc12)C([2H])([2H])N1C(=O)c2cc3c(OC([2H])([2H])C(F)(F)F)nccc3n2C([2H])([2H])C1([2H])[2H]. The number of carbonyl (C=O) groups excluding carboxylic acids is 1. The van der Waals surface area contributed by atoms with Gasteiger partial charge in [-0.1, -0.05) is 17.3 Å². The van der Waals surface area contributed by atoms with Crippen LogP contribution in [0.15, 0.2) is 53.3 Å². The van der Waals surface area contributed by atoms with Crippen molar-refractivity contribution in [3.8, 4) is 17.3 Å². The lowest BCUT2D eigenvalue weighted by atomic mass is 10.1. The van der Waals surface area contributed by atoms with Crippen LogP contribution in [-0.2, 0) is 6.50 Å². The summed E-state index contributed by atoms with van der Waals surface area (Å²) in [5.74, 6) is -2.41. The molecule has 6 rings (SSSR count). The molecule has 39 heavy (non-hydrogen) atoms. The van der Waals surface area contributed by atoms with Crippen LogP contribution in [0.25, 0.3) is 33.1 Å². The molecule has 1 N–H and O–H groups in total. The highest BCUT2D eigenvalue weighted by Crippen LogP contribution is 2.31. The number of nitrogens with zero attached hydrogens (tertiary/aromatic N) is 6. The Balaban J connectivity index is 1.43. The van der Waals surface area contributed by atoms with Crippen LogP contribution in [-0.4, -0.2) is 67.7 Å². The van der Waals surface area contributed by atoms with Crippen molar-refractivity contribution in [2.24, 2.45) is 0 Å². The van der Waals surface area contributed by atoms with Crippen molar-refractivity contribution in [3.63, 3.8) is 0 Å². The number of fused-ring (bicyclic) bond motifs is 4. The van der Waals surface area contributed by atoms with Gasteiger partial charge in [-0.3, -0.25) is 4.79 Å². The van der Waals surface area contributed by atoms with E-state index in [1.165, 1.54) is 12.3 Å². The normalized spacial score (nSPS) is 21.2. The molecule has 5 heterocycles. The van der Waals surface area contributed by atoms with Crippen molar-refractivity contribution in [3.05, 3.63) is 60.4 Å². The molecule has 0 saturated carbocycles. The largest absolute Gasteiger partial charge is 0.468 e. The minimum atomic E-state index is -5.53. The van der Waals surface area contributed by atoms with Gasteiger partial charge in [0.25, 0.3) is 5.91 Å². The number of halogens is 3. The van der Waals surface area contributed by atoms with Crippen molar-refractivity contribution in [1.82, 2.24) is 29.6 Å². The number of aryl methyl sites for hydroxylation is 2. The van der Waals surface area contributed by atoms with E-state index in [9.17, 15) is 18.0 Å². The van der Waals surface area contributed by atoms with Gasteiger partial charge in [0, 0.05) is 56.3 Å². The van der Waals surface area contributed by atoms with E-state index in [1.54, 1.807) is 25.1 Å². The maximum absolute atomic E-state index is 13.9. The number of nitrogens with one attached hydrogen (secondary N) is 1. The van der Waals surface area contributed by atoms with Gasteiger partial charge in [-0.15, -0.1) is 0 Å². The van der Waals surface area contributed by atoms with Gasteiger partial charge in [-0.05, 0) is 29.7 Å². The molecule has 10 nitrogen and oxygen atoms in total. The van der Waals surface area contributed by atoms with E-state index >= 15 is 0 Å². The smallest absolute Gasteiger partial charge is 0.422 e. The van der Waals surface area contributed by atoms with E-state index in [-0.39, 0.29) is 27.8 Å². The fourth-order valence-corrected chi connectivity index (χ4v) is 3.88. The third-order valence-corrected chi connectivity index (χ3v) is 5.55. The lowest BCUT2D eigenvalue weighted by Gasteiger charge is -2.29. The predicted octanol–water partition coefficient (Wildman–Crippen LogP) is 4.45. The van der Waals surface area contributed by atoms with Crippen LogP contribution in [0.2, 0.25) is 0 Å². The number of rotatable bonds is 7. The standard InChI is InChI=1S/C26H22F3N7O3/c1-15-33-22(34-39-15)17-3-2-16-4-6-30-23(18(16)12-17)31-8-9-35-10-11-36-20-5-7-32-24(38-14-26(27,28)29)19(20)13-21(36)25(35)37/h2-7,12-13H,8-11,14H2,1H3,(H,30,31)/i8D2,9D2,10D2,11D2,14D2. The van der Waals surface area contributed by atoms with E-state index in [0.717, 1.165) is 18.3 Å². The minimum Gasteiger partial charge on any atom is -0.468 e. The van der Waals surface area contributed by atoms with Gasteiger partial charge in [-0.25, -0.2) is 9.97 Å². The quantitative estimate of drug-likeness (QED) is 0.318. The highest BCUT2D eigenvalue weighted by Gasteiger charge is 2.31. The Morgan fingerprint density at radius 3 is 2.79 bits per heavy atom. The average Bonchev–Trinajstić information content (AvgIpc) is 3.60. The van der Waals surface area contributed by atoms with Gasteiger partial charge in [0.15, 0.2) is 6.56 Å². The van der Waals surface area contributed by atoms with Gasteiger partial charge in [-0.2, -0.15) is 18.2 Å². The Kier molecular flexibility index (Phi) is 3.84. The third-order valence-electron chi connectivity index (χ3n) is 5.55. The van der Waals surface area contributed by atoms with Crippen LogP contribution >= 0.6 is 0 Å². The number of alkyl halides is 3. The highest BCUT2D eigenvalue weighted by atomic mass is 19.4. The Morgan fingerprint density at radius 1 is 1.15 bits per heavy atom. The van der Waals surface area contributed by atoms with E-state index in [4.69, 9.17) is 18.2 Å². The zero-order chi connectivity index (χ0) is 36.1. The second-order valence-corrected chi connectivity index (χ2v) is 8.07. The molecule has 0 radical (unpaired) electrons. The second kappa shape index (κ2) is 9.57. The topological polar surface area (TPSA) is 111 Å². The second-order valence-electron chi connectivity index (χ2n) is 8.07. The van der Waals surface area contributed by atoms with Gasteiger partial charge >= 0.3 is 6.18 Å². The number of carbonyl (C=O) groups is 1. The fraction of sp³-hybridized carbons (Fsp3) is 0.269.